The Morgan fingerprint density at radius 2 is 1.89 bits per heavy atom. The molecule has 0 spiro atoms. The largest absolute Gasteiger partial charge is 0.489 e. The average molecular weight is 244 g/mol. The summed E-state index contributed by atoms with van der Waals surface area (Å²) in [5, 5.41) is 0. The van der Waals surface area contributed by atoms with Crippen molar-refractivity contribution >= 4 is 5.78 Å². The number of hydrogen-bond donors (Lipinski definition) is 0. The van der Waals surface area contributed by atoms with Gasteiger partial charge in [0.25, 0.3) is 0 Å². The summed E-state index contributed by atoms with van der Waals surface area (Å²) in [4.78, 5) is 12.1. The van der Waals surface area contributed by atoms with E-state index in [0.717, 1.165) is 23.7 Å². The summed E-state index contributed by atoms with van der Waals surface area (Å²) >= 11 is 0. The molecule has 1 aromatic carbocycles. The second-order valence-electron chi connectivity index (χ2n) is 5.60. The van der Waals surface area contributed by atoms with E-state index in [1.54, 1.807) is 0 Å². The molecule has 1 aliphatic carbocycles. The standard InChI is InChI=1S/C16H20O2/c17-15-11-13(10-12-6-2-1-3-7-12)18-16-9-5-4-8-14(15)16/h4-5,8-9,12-13H,1-3,6-7,10-11H2. The maximum atomic E-state index is 12.1. The monoisotopic (exact) mass is 244 g/mol. The lowest BCUT2D eigenvalue weighted by Crippen LogP contribution is -2.29. The second kappa shape index (κ2) is 5.13. The Labute approximate surface area is 108 Å². The van der Waals surface area contributed by atoms with Crippen LogP contribution in [0.25, 0.3) is 0 Å². The highest BCUT2D eigenvalue weighted by molar-refractivity contribution is 5.99. The third-order valence-corrected chi connectivity index (χ3v) is 4.22. The molecule has 1 fully saturated rings. The van der Waals surface area contributed by atoms with Gasteiger partial charge in [-0.05, 0) is 24.5 Å². The smallest absolute Gasteiger partial charge is 0.170 e. The molecule has 3 rings (SSSR count). The van der Waals surface area contributed by atoms with Crippen molar-refractivity contribution in [1.82, 2.24) is 0 Å². The number of fused-ring (bicyclic) bond motifs is 1. The SMILES string of the molecule is O=C1CC(CC2CCCCC2)Oc2ccccc21. The van der Waals surface area contributed by atoms with E-state index in [-0.39, 0.29) is 11.9 Å². The van der Waals surface area contributed by atoms with Crippen LogP contribution >= 0.6 is 0 Å². The summed E-state index contributed by atoms with van der Waals surface area (Å²) in [6, 6.07) is 7.63. The van der Waals surface area contributed by atoms with Crippen LogP contribution in [0, 0.1) is 5.92 Å². The van der Waals surface area contributed by atoms with Crippen LogP contribution < -0.4 is 4.74 Å². The van der Waals surface area contributed by atoms with Crippen LogP contribution in [-0.2, 0) is 0 Å². The van der Waals surface area contributed by atoms with Crippen LogP contribution in [0.4, 0.5) is 0 Å². The zero-order chi connectivity index (χ0) is 12.4. The van der Waals surface area contributed by atoms with Crippen LogP contribution in [-0.4, -0.2) is 11.9 Å². The van der Waals surface area contributed by atoms with Crippen molar-refractivity contribution in [3.63, 3.8) is 0 Å². The predicted octanol–water partition coefficient (Wildman–Crippen LogP) is 3.99. The van der Waals surface area contributed by atoms with Gasteiger partial charge >= 0.3 is 0 Å². The first-order chi connectivity index (χ1) is 8.83. The minimum Gasteiger partial charge on any atom is -0.489 e. The number of rotatable bonds is 2. The summed E-state index contributed by atoms with van der Waals surface area (Å²) in [6.45, 7) is 0. The first-order valence-electron chi connectivity index (χ1n) is 7.12. The summed E-state index contributed by atoms with van der Waals surface area (Å²) in [6.07, 6.45) is 8.43. The number of ether oxygens (including phenoxy) is 1. The first kappa shape index (κ1) is 11.8. The van der Waals surface area contributed by atoms with E-state index in [9.17, 15) is 4.79 Å². The highest BCUT2D eigenvalue weighted by Crippen LogP contribution is 2.33. The van der Waals surface area contributed by atoms with Gasteiger partial charge in [-0.3, -0.25) is 4.79 Å². The maximum Gasteiger partial charge on any atom is 0.170 e. The van der Waals surface area contributed by atoms with E-state index in [1.165, 1.54) is 32.1 Å². The van der Waals surface area contributed by atoms with Crippen LogP contribution in [0.2, 0.25) is 0 Å². The second-order valence-corrected chi connectivity index (χ2v) is 5.60. The van der Waals surface area contributed by atoms with E-state index >= 15 is 0 Å². The van der Waals surface area contributed by atoms with Gasteiger partial charge in [-0.25, -0.2) is 0 Å². The molecule has 0 bridgehead atoms. The van der Waals surface area contributed by atoms with E-state index < -0.39 is 0 Å². The number of Topliss-reactive ketones (excluding diaryl/α,β-unsaturated/α-hetero) is 1. The molecule has 0 radical (unpaired) electrons. The van der Waals surface area contributed by atoms with Crippen LogP contribution in [0.15, 0.2) is 24.3 Å². The van der Waals surface area contributed by atoms with Crippen molar-refractivity contribution < 1.29 is 9.53 Å². The lowest BCUT2D eigenvalue weighted by atomic mass is 9.84. The molecule has 1 unspecified atom stereocenters. The molecule has 1 saturated carbocycles. The fourth-order valence-corrected chi connectivity index (χ4v) is 3.26. The third-order valence-electron chi connectivity index (χ3n) is 4.22. The molecule has 0 N–H and O–H groups in total. The molecule has 1 atom stereocenters. The number of para-hydroxylation sites is 1. The fourth-order valence-electron chi connectivity index (χ4n) is 3.26. The molecule has 2 heteroatoms. The Morgan fingerprint density at radius 1 is 1.11 bits per heavy atom. The number of carbonyl (C=O) groups is 1. The van der Waals surface area contributed by atoms with Gasteiger partial charge in [0, 0.05) is 6.42 Å². The molecule has 18 heavy (non-hydrogen) atoms. The summed E-state index contributed by atoms with van der Waals surface area (Å²) < 4.78 is 5.98. The van der Waals surface area contributed by atoms with Gasteiger partial charge in [0.15, 0.2) is 5.78 Å². The lowest BCUT2D eigenvalue weighted by molar-refractivity contribution is 0.0795. The molecule has 0 amide bonds. The van der Waals surface area contributed by atoms with Crippen molar-refractivity contribution in [3.05, 3.63) is 29.8 Å². The molecule has 1 aromatic rings. The van der Waals surface area contributed by atoms with E-state index in [2.05, 4.69) is 0 Å². The zero-order valence-corrected chi connectivity index (χ0v) is 10.7. The van der Waals surface area contributed by atoms with Gasteiger partial charge in [-0.2, -0.15) is 0 Å². The Bertz CT molecular complexity index is 432. The minimum absolute atomic E-state index is 0.107. The van der Waals surface area contributed by atoms with Crippen LogP contribution in [0.3, 0.4) is 0 Å². The topological polar surface area (TPSA) is 26.3 Å². The number of carbonyl (C=O) groups excluding carboxylic acids is 1. The normalized spacial score (nSPS) is 24.4. The fraction of sp³-hybridized carbons (Fsp3) is 0.562. The Kier molecular flexibility index (Phi) is 3.35. The summed E-state index contributed by atoms with van der Waals surface area (Å²) in [5.74, 6) is 1.80. The Morgan fingerprint density at radius 3 is 2.72 bits per heavy atom. The minimum atomic E-state index is 0.107. The number of hydrogen-bond acceptors (Lipinski definition) is 2. The molecule has 1 aliphatic heterocycles. The van der Waals surface area contributed by atoms with Gasteiger partial charge < -0.3 is 4.74 Å². The zero-order valence-electron chi connectivity index (χ0n) is 10.7. The number of ketones is 1. The highest BCUT2D eigenvalue weighted by atomic mass is 16.5. The van der Waals surface area contributed by atoms with Crippen LogP contribution in [0.1, 0.15) is 55.3 Å². The molecular formula is C16H20O2. The van der Waals surface area contributed by atoms with E-state index in [0.29, 0.717) is 6.42 Å². The van der Waals surface area contributed by atoms with Crippen molar-refractivity contribution in [2.75, 3.05) is 0 Å². The first-order valence-corrected chi connectivity index (χ1v) is 7.12. The van der Waals surface area contributed by atoms with E-state index in [4.69, 9.17) is 4.74 Å². The molecule has 2 aliphatic rings. The van der Waals surface area contributed by atoms with Gasteiger partial charge in [0.1, 0.15) is 11.9 Å². The van der Waals surface area contributed by atoms with Crippen molar-refractivity contribution in [2.24, 2.45) is 5.92 Å². The predicted molar refractivity (Wildman–Crippen MR) is 71.0 cm³/mol. The Balaban J connectivity index is 1.68. The highest BCUT2D eigenvalue weighted by Gasteiger charge is 2.28. The third kappa shape index (κ3) is 2.43. The quantitative estimate of drug-likeness (QED) is 0.786. The molecule has 0 aromatic heterocycles. The maximum absolute atomic E-state index is 12.1. The number of benzene rings is 1. The van der Waals surface area contributed by atoms with Gasteiger partial charge in [0.05, 0.1) is 5.56 Å². The molecule has 1 heterocycles. The summed E-state index contributed by atoms with van der Waals surface area (Å²) in [5.41, 5.74) is 0.761. The lowest BCUT2D eigenvalue weighted by Gasteiger charge is -2.30. The average Bonchev–Trinajstić information content (AvgIpc) is 2.40. The molecule has 0 saturated heterocycles. The summed E-state index contributed by atoms with van der Waals surface area (Å²) in [7, 11) is 0. The van der Waals surface area contributed by atoms with Crippen molar-refractivity contribution in [2.45, 2.75) is 51.0 Å². The molecular weight excluding hydrogens is 224 g/mol. The molecule has 96 valence electrons. The van der Waals surface area contributed by atoms with Gasteiger partial charge in [0.2, 0.25) is 0 Å². The van der Waals surface area contributed by atoms with E-state index in [1.807, 2.05) is 24.3 Å². The molecule has 2 nitrogen and oxygen atoms in total. The van der Waals surface area contributed by atoms with Crippen LogP contribution in [0.5, 0.6) is 5.75 Å². The van der Waals surface area contributed by atoms with Gasteiger partial charge in [-0.15, -0.1) is 0 Å². The Hall–Kier alpha value is -1.31. The van der Waals surface area contributed by atoms with Crippen molar-refractivity contribution in [1.29, 1.82) is 0 Å². The van der Waals surface area contributed by atoms with Gasteiger partial charge in [-0.1, -0.05) is 44.2 Å². The van der Waals surface area contributed by atoms with Crippen molar-refractivity contribution in [3.8, 4) is 5.75 Å².